The van der Waals surface area contributed by atoms with E-state index in [1.807, 2.05) is 13.8 Å². The molecule has 0 saturated heterocycles. The van der Waals surface area contributed by atoms with E-state index in [9.17, 15) is 5.11 Å². The molecule has 0 amide bonds. The second-order valence-corrected chi connectivity index (χ2v) is 4.70. The minimum absolute atomic E-state index is 0.181. The highest BCUT2D eigenvalue weighted by atomic mass is 16.3. The average molecular weight is 235 g/mol. The van der Waals surface area contributed by atoms with Crippen LogP contribution in [0.4, 0.5) is 5.69 Å². The van der Waals surface area contributed by atoms with Crippen LogP contribution >= 0.6 is 0 Å². The molecule has 1 aromatic heterocycles. The Balaban J connectivity index is 2.39. The van der Waals surface area contributed by atoms with Gasteiger partial charge in [0.25, 0.3) is 0 Å². The number of rotatable bonds is 5. The maximum Gasteiger partial charge on any atom is 0.0606 e. The summed E-state index contributed by atoms with van der Waals surface area (Å²) in [5.41, 5.74) is 10.1. The van der Waals surface area contributed by atoms with Gasteiger partial charge < -0.3 is 15.7 Å². The summed E-state index contributed by atoms with van der Waals surface area (Å²) in [5, 5.41) is 9.19. The van der Waals surface area contributed by atoms with E-state index < -0.39 is 0 Å². The number of anilines is 1. The fourth-order valence-electron chi connectivity index (χ4n) is 2.34. The first-order valence-electron chi connectivity index (χ1n) is 6.22. The molecule has 0 aromatic carbocycles. The second-order valence-electron chi connectivity index (χ2n) is 4.70. The normalized spacial score (nSPS) is 15.1. The Bertz CT molecular complexity index is 402. The van der Waals surface area contributed by atoms with E-state index in [0.717, 1.165) is 22.6 Å². The van der Waals surface area contributed by atoms with Gasteiger partial charge >= 0.3 is 0 Å². The van der Waals surface area contributed by atoms with Crippen LogP contribution in [0.3, 0.4) is 0 Å². The first-order valence-corrected chi connectivity index (χ1v) is 6.22. The van der Waals surface area contributed by atoms with Crippen LogP contribution in [0.2, 0.25) is 0 Å². The van der Waals surface area contributed by atoms with E-state index >= 15 is 0 Å². The maximum atomic E-state index is 9.19. The molecule has 0 aliphatic heterocycles. The minimum Gasteiger partial charge on any atom is -0.395 e. The van der Waals surface area contributed by atoms with Crippen LogP contribution in [0, 0.1) is 13.8 Å². The van der Waals surface area contributed by atoms with Crippen LogP contribution in [0.25, 0.3) is 0 Å². The Morgan fingerprint density at radius 3 is 2.71 bits per heavy atom. The van der Waals surface area contributed by atoms with Crippen molar-refractivity contribution in [1.29, 1.82) is 0 Å². The molecular formula is C13H21N3O. The van der Waals surface area contributed by atoms with Gasteiger partial charge in [-0.1, -0.05) is 0 Å². The zero-order valence-electron chi connectivity index (χ0n) is 10.6. The number of nitrogens with zero attached hydrogens (tertiary/aromatic N) is 2. The number of aliphatic hydroxyl groups is 1. The zero-order chi connectivity index (χ0) is 12.4. The number of aromatic nitrogens is 1. The van der Waals surface area contributed by atoms with E-state index in [0.29, 0.717) is 19.1 Å². The highest BCUT2D eigenvalue weighted by Crippen LogP contribution is 2.34. The lowest BCUT2D eigenvalue weighted by Crippen LogP contribution is -2.30. The molecule has 1 heterocycles. The molecule has 1 aliphatic rings. The largest absolute Gasteiger partial charge is 0.395 e. The van der Waals surface area contributed by atoms with Gasteiger partial charge in [-0.25, -0.2) is 0 Å². The smallest absolute Gasteiger partial charge is 0.0606 e. The van der Waals surface area contributed by atoms with Gasteiger partial charge in [-0.2, -0.15) is 0 Å². The molecule has 1 saturated carbocycles. The molecule has 94 valence electrons. The lowest BCUT2D eigenvalue weighted by molar-refractivity contribution is 0.301. The summed E-state index contributed by atoms with van der Waals surface area (Å²) >= 11 is 0. The predicted octanol–water partition coefficient (Wildman–Crippen LogP) is 1.12. The number of pyridine rings is 1. The van der Waals surface area contributed by atoms with Gasteiger partial charge in [0.05, 0.1) is 6.61 Å². The number of aliphatic hydroxyl groups excluding tert-OH is 1. The Kier molecular flexibility index (Phi) is 3.64. The monoisotopic (exact) mass is 235 g/mol. The van der Waals surface area contributed by atoms with Crippen LogP contribution in [0.5, 0.6) is 0 Å². The van der Waals surface area contributed by atoms with Gasteiger partial charge in [0.2, 0.25) is 0 Å². The third-order valence-corrected chi connectivity index (χ3v) is 3.28. The molecule has 1 fully saturated rings. The molecule has 2 rings (SSSR count). The van der Waals surface area contributed by atoms with Gasteiger partial charge in [-0.3, -0.25) is 4.98 Å². The number of hydrogen-bond acceptors (Lipinski definition) is 4. The summed E-state index contributed by atoms with van der Waals surface area (Å²) < 4.78 is 0. The summed E-state index contributed by atoms with van der Waals surface area (Å²) in [4.78, 5) is 6.74. The fraction of sp³-hybridized carbons (Fsp3) is 0.615. The fourth-order valence-corrected chi connectivity index (χ4v) is 2.34. The van der Waals surface area contributed by atoms with E-state index in [1.165, 1.54) is 12.8 Å². The molecule has 0 radical (unpaired) electrons. The quantitative estimate of drug-likeness (QED) is 0.803. The first kappa shape index (κ1) is 12.3. The van der Waals surface area contributed by atoms with Crippen LogP contribution in [-0.2, 0) is 6.54 Å². The molecule has 0 atom stereocenters. The standard InChI is InChI=1S/C13H21N3O/c1-9-7-13(12(8-14)10(2)15-9)16(5-6-17)11-3-4-11/h7,11,17H,3-6,8,14H2,1-2H3. The summed E-state index contributed by atoms with van der Waals surface area (Å²) in [7, 11) is 0. The minimum atomic E-state index is 0.181. The average Bonchev–Trinajstić information content (AvgIpc) is 3.08. The van der Waals surface area contributed by atoms with Crippen molar-refractivity contribution in [1.82, 2.24) is 4.98 Å². The summed E-state index contributed by atoms with van der Waals surface area (Å²) in [6, 6.07) is 2.66. The Morgan fingerprint density at radius 2 is 2.18 bits per heavy atom. The van der Waals surface area contributed by atoms with Crippen LogP contribution in [0.1, 0.15) is 29.8 Å². The van der Waals surface area contributed by atoms with Crippen molar-refractivity contribution in [2.24, 2.45) is 5.73 Å². The van der Waals surface area contributed by atoms with Crippen molar-refractivity contribution in [3.05, 3.63) is 23.0 Å². The van der Waals surface area contributed by atoms with E-state index in [-0.39, 0.29) is 6.61 Å². The number of aryl methyl sites for hydroxylation is 2. The molecule has 1 aromatic rings. The van der Waals surface area contributed by atoms with Crippen LogP contribution in [0.15, 0.2) is 6.07 Å². The molecule has 4 heteroatoms. The van der Waals surface area contributed by atoms with Gasteiger partial charge in [-0.15, -0.1) is 0 Å². The van der Waals surface area contributed by atoms with Crippen molar-refractivity contribution < 1.29 is 5.11 Å². The van der Waals surface area contributed by atoms with Crippen molar-refractivity contribution >= 4 is 5.69 Å². The Hall–Kier alpha value is -1.13. The van der Waals surface area contributed by atoms with Crippen molar-refractivity contribution in [2.45, 2.75) is 39.3 Å². The highest BCUT2D eigenvalue weighted by molar-refractivity contribution is 5.57. The Labute approximate surface area is 102 Å². The summed E-state index contributed by atoms with van der Waals surface area (Å²) in [6.07, 6.45) is 2.43. The molecule has 0 spiro atoms. The van der Waals surface area contributed by atoms with Gasteiger partial charge in [0.1, 0.15) is 0 Å². The Morgan fingerprint density at radius 1 is 1.47 bits per heavy atom. The van der Waals surface area contributed by atoms with E-state index in [4.69, 9.17) is 5.73 Å². The number of hydrogen-bond donors (Lipinski definition) is 2. The van der Waals surface area contributed by atoms with Crippen LogP contribution < -0.4 is 10.6 Å². The molecule has 0 bridgehead atoms. The predicted molar refractivity (Wildman–Crippen MR) is 69.1 cm³/mol. The second kappa shape index (κ2) is 5.02. The molecular weight excluding hydrogens is 214 g/mol. The summed E-state index contributed by atoms with van der Waals surface area (Å²) in [6.45, 7) is 5.37. The molecule has 4 nitrogen and oxygen atoms in total. The SMILES string of the molecule is Cc1cc(N(CCO)C2CC2)c(CN)c(C)n1. The van der Waals surface area contributed by atoms with E-state index in [1.54, 1.807) is 0 Å². The number of nitrogens with two attached hydrogens (primary N) is 1. The first-order chi connectivity index (χ1) is 8.17. The zero-order valence-corrected chi connectivity index (χ0v) is 10.6. The highest BCUT2D eigenvalue weighted by Gasteiger charge is 2.30. The maximum absolute atomic E-state index is 9.19. The van der Waals surface area contributed by atoms with E-state index in [2.05, 4.69) is 16.0 Å². The molecule has 0 unspecified atom stereocenters. The molecule has 17 heavy (non-hydrogen) atoms. The lowest BCUT2D eigenvalue weighted by Gasteiger charge is -2.27. The molecule has 3 N–H and O–H groups in total. The van der Waals surface area contributed by atoms with Crippen molar-refractivity contribution in [2.75, 3.05) is 18.1 Å². The van der Waals surface area contributed by atoms with Crippen molar-refractivity contribution in [3.63, 3.8) is 0 Å². The van der Waals surface area contributed by atoms with Gasteiger partial charge in [0, 0.05) is 41.8 Å². The lowest BCUT2D eigenvalue weighted by atomic mass is 10.1. The third kappa shape index (κ3) is 2.58. The third-order valence-electron chi connectivity index (χ3n) is 3.28. The topological polar surface area (TPSA) is 62.4 Å². The molecule has 1 aliphatic carbocycles. The van der Waals surface area contributed by atoms with Gasteiger partial charge in [-0.05, 0) is 32.8 Å². The van der Waals surface area contributed by atoms with Crippen LogP contribution in [-0.4, -0.2) is 29.3 Å². The summed E-state index contributed by atoms with van der Waals surface area (Å²) in [5.74, 6) is 0. The van der Waals surface area contributed by atoms with Crippen molar-refractivity contribution in [3.8, 4) is 0 Å². The van der Waals surface area contributed by atoms with Gasteiger partial charge in [0.15, 0.2) is 0 Å².